The van der Waals surface area contributed by atoms with Crippen molar-refractivity contribution in [2.45, 2.75) is 122 Å². The van der Waals surface area contributed by atoms with Gasteiger partial charge < -0.3 is 14.3 Å². The van der Waals surface area contributed by atoms with E-state index in [0.29, 0.717) is 18.6 Å². The number of carbonyl (C=O) groups is 2. The van der Waals surface area contributed by atoms with Gasteiger partial charge in [0.2, 0.25) is 0 Å². The third kappa shape index (κ3) is 10.9. The molecule has 0 unspecified atom stereocenters. The van der Waals surface area contributed by atoms with Crippen molar-refractivity contribution in [1.29, 1.82) is 0 Å². The molecule has 1 fully saturated rings. The van der Waals surface area contributed by atoms with E-state index in [1.165, 1.54) is 7.11 Å². The maximum atomic E-state index is 13.0. The number of aliphatic hydroxyl groups is 1. The van der Waals surface area contributed by atoms with E-state index < -0.39 is 8.32 Å². The molecule has 0 aromatic rings. The van der Waals surface area contributed by atoms with Gasteiger partial charge in [0.1, 0.15) is 5.78 Å². The van der Waals surface area contributed by atoms with Crippen LogP contribution in [0.3, 0.4) is 0 Å². The number of unbranched alkanes of at least 4 members (excludes halogenated alkanes) is 7. The number of ether oxygens (including phenoxy) is 1. The Bertz CT molecular complexity index is 608. The second-order valence-corrected chi connectivity index (χ2v) is 15.9. The Kier molecular flexibility index (Phi) is 13.8. The van der Waals surface area contributed by atoms with Gasteiger partial charge >= 0.3 is 5.97 Å². The molecule has 3 atom stereocenters. The van der Waals surface area contributed by atoms with E-state index in [0.717, 1.165) is 64.2 Å². The molecule has 33 heavy (non-hydrogen) atoms. The summed E-state index contributed by atoms with van der Waals surface area (Å²) < 4.78 is 11.5. The van der Waals surface area contributed by atoms with E-state index in [9.17, 15) is 9.59 Å². The van der Waals surface area contributed by atoms with Gasteiger partial charge in [0.05, 0.1) is 13.2 Å². The normalized spacial score (nSPS) is 21.8. The van der Waals surface area contributed by atoms with Crippen molar-refractivity contribution >= 4 is 20.1 Å². The molecule has 0 spiro atoms. The Morgan fingerprint density at radius 3 is 2.33 bits per heavy atom. The van der Waals surface area contributed by atoms with E-state index in [-0.39, 0.29) is 35.6 Å². The second-order valence-electron chi connectivity index (χ2n) is 11.2. The molecule has 0 aromatic carbocycles. The Morgan fingerprint density at radius 2 is 1.70 bits per heavy atom. The van der Waals surface area contributed by atoms with E-state index in [4.69, 9.17) is 14.3 Å². The minimum atomic E-state index is -1.96. The maximum absolute atomic E-state index is 13.0. The van der Waals surface area contributed by atoms with E-state index >= 15 is 0 Å². The van der Waals surface area contributed by atoms with Crippen LogP contribution in [0.5, 0.6) is 0 Å². The monoisotopic (exact) mass is 482 g/mol. The number of rotatable bonds is 16. The molecule has 1 saturated carbocycles. The van der Waals surface area contributed by atoms with Crippen molar-refractivity contribution in [3.05, 3.63) is 12.2 Å². The van der Waals surface area contributed by atoms with Crippen LogP contribution in [0.4, 0.5) is 0 Å². The van der Waals surface area contributed by atoms with Crippen molar-refractivity contribution in [1.82, 2.24) is 0 Å². The Balaban J connectivity index is 2.70. The molecule has 0 saturated heterocycles. The van der Waals surface area contributed by atoms with Gasteiger partial charge in [-0.1, -0.05) is 65.0 Å². The van der Waals surface area contributed by atoms with Crippen LogP contribution in [0.2, 0.25) is 18.1 Å². The number of ketones is 1. The maximum Gasteiger partial charge on any atom is 0.305 e. The highest BCUT2D eigenvalue weighted by Gasteiger charge is 2.46. The summed E-state index contributed by atoms with van der Waals surface area (Å²) in [5, 5.41) is 9.04. The summed E-state index contributed by atoms with van der Waals surface area (Å²) in [6, 6.07) is 0. The molecule has 0 radical (unpaired) electrons. The highest BCUT2D eigenvalue weighted by Crippen LogP contribution is 2.43. The minimum Gasteiger partial charge on any atom is -0.469 e. The van der Waals surface area contributed by atoms with Gasteiger partial charge in [-0.05, 0) is 50.2 Å². The van der Waals surface area contributed by atoms with Gasteiger partial charge in [-0.3, -0.25) is 9.59 Å². The minimum absolute atomic E-state index is 0.00615. The molecule has 1 rings (SSSR count). The third-order valence-corrected chi connectivity index (χ3v) is 12.0. The lowest BCUT2D eigenvalue weighted by Crippen LogP contribution is -2.45. The Morgan fingerprint density at radius 1 is 1.06 bits per heavy atom. The molecule has 0 aliphatic heterocycles. The fourth-order valence-electron chi connectivity index (χ4n) is 4.32. The van der Waals surface area contributed by atoms with Crippen LogP contribution in [0.15, 0.2) is 12.2 Å². The fraction of sp³-hybridized carbons (Fsp3) is 0.852. The first-order valence-corrected chi connectivity index (χ1v) is 16.0. The molecular formula is C27H50O5Si. The lowest BCUT2D eigenvalue weighted by molar-refractivity contribution is -0.140. The van der Waals surface area contributed by atoms with Crippen molar-refractivity contribution in [2.24, 2.45) is 11.8 Å². The second kappa shape index (κ2) is 15.1. The topological polar surface area (TPSA) is 72.8 Å². The molecule has 0 aromatic heterocycles. The molecule has 1 aliphatic rings. The molecule has 1 N–H and O–H groups in total. The quantitative estimate of drug-likeness (QED) is 0.116. The van der Waals surface area contributed by atoms with Crippen molar-refractivity contribution in [2.75, 3.05) is 13.7 Å². The zero-order valence-corrected chi connectivity index (χ0v) is 23.2. The molecule has 0 amide bonds. The number of aliphatic hydroxyl groups excluding tert-OH is 1. The number of allylic oxidation sites excluding steroid dienone is 1. The van der Waals surface area contributed by atoms with Gasteiger partial charge in [0, 0.05) is 31.3 Å². The molecule has 192 valence electrons. The smallest absolute Gasteiger partial charge is 0.305 e. The summed E-state index contributed by atoms with van der Waals surface area (Å²) in [7, 11) is -0.528. The molecule has 1 aliphatic carbocycles. The van der Waals surface area contributed by atoms with Crippen LogP contribution >= 0.6 is 0 Å². The predicted molar refractivity (Wildman–Crippen MR) is 138 cm³/mol. The molecule has 0 bridgehead atoms. The zero-order valence-electron chi connectivity index (χ0n) is 22.2. The summed E-state index contributed by atoms with van der Waals surface area (Å²) in [5.41, 5.74) is 0. The first kappa shape index (κ1) is 30.0. The molecular weight excluding hydrogens is 432 g/mol. The van der Waals surface area contributed by atoms with Crippen LogP contribution in [-0.2, 0) is 18.8 Å². The van der Waals surface area contributed by atoms with Gasteiger partial charge in [-0.2, -0.15) is 0 Å². The van der Waals surface area contributed by atoms with Crippen LogP contribution in [0.1, 0.15) is 97.8 Å². The summed E-state index contributed by atoms with van der Waals surface area (Å²) in [6.07, 6.45) is 15.6. The SMILES string of the molecule is COC(=O)CCCCCC[C@H]1C(=O)C[C@@H](O[Si](C)(C)C(C)(C)C)[C@H]1C=CCCCCCCO. The lowest BCUT2D eigenvalue weighted by Gasteiger charge is -2.39. The highest BCUT2D eigenvalue weighted by atomic mass is 28.4. The van der Waals surface area contributed by atoms with E-state index in [2.05, 4.69) is 46.0 Å². The first-order valence-electron chi connectivity index (χ1n) is 13.1. The van der Waals surface area contributed by atoms with Gasteiger partial charge in [0.15, 0.2) is 8.32 Å². The zero-order chi connectivity index (χ0) is 24.9. The van der Waals surface area contributed by atoms with Crippen molar-refractivity contribution < 1.29 is 23.9 Å². The van der Waals surface area contributed by atoms with Crippen LogP contribution in [0, 0.1) is 11.8 Å². The van der Waals surface area contributed by atoms with Gasteiger partial charge in [0.25, 0.3) is 0 Å². The Hall–Kier alpha value is -0.983. The van der Waals surface area contributed by atoms with Crippen molar-refractivity contribution in [3.63, 3.8) is 0 Å². The molecule has 5 nitrogen and oxygen atoms in total. The van der Waals surface area contributed by atoms with Crippen LogP contribution in [-0.4, -0.2) is 45.0 Å². The number of hydrogen-bond acceptors (Lipinski definition) is 5. The fourth-order valence-corrected chi connectivity index (χ4v) is 5.67. The number of hydrogen-bond donors (Lipinski definition) is 1. The standard InChI is InChI=1S/C27H50O5Si/c1-27(2,3)33(5,6)32-25-21-24(29)22(17-13-10-11-15-19-26(30)31-4)23(25)18-14-9-7-8-12-16-20-28/h14,18,22-23,25,28H,7-13,15-17,19-21H2,1-6H3/t22-,23+,25-/m1/s1. The average molecular weight is 483 g/mol. The number of methoxy groups -OCH3 is 1. The lowest BCUT2D eigenvalue weighted by atomic mass is 9.88. The summed E-state index contributed by atoms with van der Waals surface area (Å²) in [4.78, 5) is 24.3. The first-order chi connectivity index (χ1) is 15.5. The number of carbonyl (C=O) groups excluding carboxylic acids is 2. The predicted octanol–water partition coefficient (Wildman–Crippen LogP) is 6.59. The third-order valence-electron chi connectivity index (χ3n) is 7.47. The Labute approximate surface area is 203 Å². The summed E-state index contributed by atoms with van der Waals surface area (Å²) in [5.74, 6) is 0.421. The molecule has 0 heterocycles. The van der Waals surface area contributed by atoms with E-state index in [1.54, 1.807) is 0 Å². The summed E-state index contributed by atoms with van der Waals surface area (Å²) in [6.45, 7) is 11.6. The average Bonchev–Trinajstić information content (AvgIpc) is 3.02. The number of Topliss-reactive ketones (excluding diaryl/α,β-unsaturated/α-hetero) is 1. The van der Waals surface area contributed by atoms with Crippen LogP contribution < -0.4 is 0 Å². The van der Waals surface area contributed by atoms with Gasteiger partial charge in [-0.15, -0.1) is 0 Å². The van der Waals surface area contributed by atoms with Crippen LogP contribution in [0.25, 0.3) is 0 Å². The number of esters is 1. The van der Waals surface area contributed by atoms with Crippen molar-refractivity contribution in [3.8, 4) is 0 Å². The largest absolute Gasteiger partial charge is 0.469 e. The van der Waals surface area contributed by atoms with Gasteiger partial charge in [-0.25, -0.2) is 0 Å². The summed E-state index contributed by atoms with van der Waals surface area (Å²) >= 11 is 0. The van der Waals surface area contributed by atoms with E-state index in [1.807, 2.05) is 0 Å². The highest BCUT2D eigenvalue weighted by molar-refractivity contribution is 6.74. The molecule has 6 heteroatoms.